The molecule has 0 spiro atoms. The number of fused-ring (bicyclic) bond motifs is 1. The Bertz CT molecular complexity index is 1040. The molecule has 1 fully saturated rings. The van der Waals surface area contributed by atoms with E-state index in [9.17, 15) is 31.9 Å². The first-order valence-electron chi connectivity index (χ1n) is 10.5. The Labute approximate surface area is 186 Å². The van der Waals surface area contributed by atoms with Crippen molar-refractivity contribution in [3.63, 3.8) is 0 Å². The van der Waals surface area contributed by atoms with Crippen LogP contribution >= 0.6 is 0 Å². The summed E-state index contributed by atoms with van der Waals surface area (Å²) in [6.45, 7) is 2.67. The smallest absolute Gasteiger partial charge is 0.374 e. The molecule has 0 saturated carbocycles. The number of imidazole rings is 1. The van der Waals surface area contributed by atoms with E-state index in [1.54, 1.807) is 17.9 Å². The molecule has 2 aromatic rings. The van der Waals surface area contributed by atoms with Gasteiger partial charge in [0.05, 0.1) is 24.5 Å². The average Bonchev–Trinajstić information content (AvgIpc) is 3.18. The second-order valence-electron chi connectivity index (χ2n) is 8.79. The molecule has 1 saturated heterocycles. The van der Waals surface area contributed by atoms with E-state index in [2.05, 4.69) is 9.97 Å². The van der Waals surface area contributed by atoms with Gasteiger partial charge in [0.15, 0.2) is 5.82 Å². The second kappa shape index (κ2) is 7.93. The molecule has 33 heavy (non-hydrogen) atoms. The van der Waals surface area contributed by atoms with Gasteiger partial charge < -0.3 is 19.5 Å². The van der Waals surface area contributed by atoms with Crippen LogP contribution in [0.2, 0.25) is 0 Å². The highest BCUT2D eigenvalue weighted by molar-refractivity contribution is 5.95. The first-order chi connectivity index (χ1) is 15.3. The van der Waals surface area contributed by atoms with E-state index >= 15 is 0 Å². The van der Waals surface area contributed by atoms with Crippen molar-refractivity contribution in [2.75, 3.05) is 24.5 Å². The van der Waals surface area contributed by atoms with E-state index in [0.29, 0.717) is 24.0 Å². The number of hydrogen-bond donors (Lipinski definition) is 1. The van der Waals surface area contributed by atoms with E-state index in [1.165, 1.54) is 27.9 Å². The van der Waals surface area contributed by atoms with Gasteiger partial charge in [0, 0.05) is 44.2 Å². The lowest BCUT2D eigenvalue weighted by Gasteiger charge is -2.36. The van der Waals surface area contributed by atoms with Gasteiger partial charge in [0.1, 0.15) is 5.82 Å². The maximum Gasteiger partial charge on any atom is 0.424 e. The first kappa shape index (κ1) is 23.4. The Kier molecular flexibility index (Phi) is 5.62. The Hall–Kier alpha value is -2.76. The molecule has 4 heterocycles. The number of nitrogens with zero attached hydrogens (tertiary/aromatic N) is 5. The first-order valence-corrected chi connectivity index (χ1v) is 10.5. The Morgan fingerprint density at radius 2 is 1.88 bits per heavy atom. The third kappa shape index (κ3) is 4.28. The van der Waals surface area contributed by atoms with Gasteiger partial charge in [0.25, 0.3) is 11.8 Å². The molecule has 1 amide bonds. The second-order valence-corrected chi connectivity index (χ2v) is 8.79. The topological polar surface area (TPSA) is 74.5 Å². The molecule has 0 radical (unpaired) electrons. The van der Waals surface area contributed by atoms with Crippen LogP contribution in [0, 0.1) is 0 Å². The van der Waals surface area contributed by atoms with Gasteiger partial charge in [-0.15, -0.1) is 0 Å². The van der Waals surface area contributed by atoms with E-state index in [4.69, 9.17) is 0 Å². The van der Waals surface area contributed by atoms with E-state index in [0.717, 1.165) is 0 Å². The maximum atomic E-state index is 13.4. The quantitative estimate of drug-likeness (QED) is 0.691. The lowest BCUT2D eigenvalue weighted by molar-refractivity contribution is -0.263. The van der Waals surface area contributed by atoms with Gasteiger partial charge in [0.2, 0.25) is 5.60 Å². The van der Waals surface area contributed by atoms with Crippen LogP contribution in [-0.4, -0.2) is 62.2 Å². The van der Waals surface area contributed by atoms with Crippen LogP contribution in [-0.2, 0) is 12.1 Å². The number of anilines is 1. The lowest BCUT2D eigenvalue weighted by atomic mass is 10.0. The maximum absolute atomic E-state index is 13.4. The van der Waals surface area contributed by atoms with Crippen LogP contribution in [0.1, 0.15) is 54.6 Å². The van der Waals surface area contributed by atoms with E-state index in [1.807, 2.05) is 0 Å². The van der Waals surface area contributed by atoms with Crippen LogP contribution in [0.4, 0.5) is 27.8 Å². The van der Waals surface area contributed by atoms with Crippen LogP contribution in [0.3, 0.4) is 0 Å². The molecule has 2 atom stereocenters. The highest BCUT2D eigenvalue weighted by atomic mass is 19.4. The summed E-state index contributed by atoms with van der Waals surface area (Å²) < 4.78 is 68.2. The van der Waals surface area contributed by atoms with Crippen molar-refractivity contribution in [3.8, 4) is 0 Å². The van der Waals surface area contributed by atoms with Crippen molar-refractivity contribution >= 4 is 11.7 Å². The van der Waals surface area contributed by atoms with Gasteiger partial charge in [-0.1, -0.05) is 0 Å². The molecule has 180 valence electrons. The summed E-state index contributed by atoms with van der Waals surface area (Å²) in [7, 11) is 0. The Balaban J connectivity index is 1.54. The zero-order valence-electron chi connectivity index (χ0n) is 18.1. The summed E-state index contributed by atoms with van der Waals surface area (Å²) in [5, 5.41) is 10.1. The van der Waals surface area contributed by atoms with Crippen molar-refractivity contribution in [1.82, 2.24) is 19.4 Å². The monoisotopic (exact) mass is 473 g/mol. The zero-order valence-corrected chi connectivity index (χ0v) is 18.1. The summed E-state index contributed by atoms with van der Waals surface area (Å²) in [6, 6.07) is 2.50. The number of pyridine rings is 1. The number of amides is 1. The molecular weight excluding hydrogens is 449 g/mol. The van der Waals surface area contributed by atoms with Gasteiger partial charge in [-0.25, -0.2) is 18.7 Å². The minimum Gasteiger partial charge on any atom is -0.374 e. The molecule has 0 aromatic carbocycles. The molecule has 0 unspecified atom stereocenters. The summed E-state index contributed by atoms with van der Waals surface area (Å²) in [5.74, 6) is -3.15. The molecule has 2 aromatic heterocycles. The summed E-state index contributed by atoms with van der Waals surface area (Å²) in [4.78, 5) is 24.4. The molecule has 12 heteroatoms. The molecular formula is C21H24F5N5O2. The lowest BCUT2D eigenvalue weighted by Crippen LogP contribution is -2.45. The fraction of sp³-hybridized carbons (Fsp3) is 0.571. The standard InChI is InChI=1S/C21H24F5N5O2/c1-13-11-30(12-15-10-28-18(31(13)15)19(2,33)21(24,25)26)17(32)14-3-6-27-16(9-14)29-7-4-20(22,23)5-8-29/h3,6,9-10,13,33H,4-5,7-8,11-12H2,1-2H3/t13-,19+/m0/s1. The molecule has 7 nitrogen and oxygen atoms in total. The van der Waals surface area contributed by atoms with Crippen molar-refractivity contribution in [1.29, 1.82) is 0 Å². The largest absolute Gasteiger partial charge is 0.424 e. The highest BCUT2D eigenvalue weighted by Crippen LogP contribution is 2.40. The minimum atomic E-state index is -4.91. The fourth-order valence-electron chi connectivity index (χ4n) is 4.28. The van der Waals surface area contributed by atoms with Crippen molar-refractivity contribution in [2.24, 2.45) is 0 Å². The van der Waals surface area contributed by atoms with Gasteiger partial charge in [-0.3, -0.25) is 4.79 Å². The molecule has 2 aliphatic heterocycles. The zero-order chi connectivity index (χ0) is 24.2. The molecule has 1 N–H and O–H groups in total. The van der Waals surface area contributed by atoms with Crippen molar-refractivity contribution in [3.05, 3.63) is 41.6 Å². The van der Waals surface area contributed by atoms with Crippen molar-refractivity contribution in [2.45, 2.75) is 57.0 Å². The van der Waals surface area contributed by atoms with E-state index in [-0.39, 0.29) is 44.9 Å². The predicted octanol–water partition coefficient (Wildman–Crippen LogP) is 3.50. The normalized spacial score (nSPS) is 22.6. The van der Waals surface area contributed by atoms with Crippen LogP contribution < -0.4 is 4.90 Å². The van der Waals surface area contributed by atoms with Crippen LogP contribution in [0.25, 0.3) is 0 Å². The van der Waals surface area contributed by atoms with Gasteiger partial charge in [-0.05, 0) is 26.0 Å². The minimum absolute atomic E-state index is 0.0116. The third-order valence-electron chi connectivity index (χ3n) is 6.24. The third-order valence-corrected chi connectivity index (χ3v) is 6.24. The Morgan fingerprint density at radius 3 is 2.52 bits per heavy atom. The molecule has 2 aliphatic rings. The molecule has 0 aliphatic carbocycles. The number of halogens is 5. The number of carbonyl (C=O) groups is 1. The highest BCUT2D eigenvalue weighted by Gasteiger charge is 2.55. The molecule has 4 rings (SSSR count). The SMILES string of the molecule is C[C@H]1CN(C(=O)c2ccnc(N3CCC(F)(F)CC3)c2)Cc2cnc([C@@](C)(O)C(F)(F)F)n21. The number of rotatable bonds is 3. The van der Waals surface area contributed by atoms with Crippen LogP contribution in [0.15, 0.2) is 24.5 Å². The van der Waals surface area contributed by atoms with Gasteiger partial charge in [-0.2, -0.15) is 13.2 Å². The van der Waals surface area contributed by atoms with Gasteiger partial charge >= 0.3 is 6.18 Å². The summed E-state index contributed by atoms with van der Waals surface area (Å²) in [5.41, 5.74) is -2.45. The van der Waals surface area contributed by atoms with Crippen molar-refractivity contribution < 1.29 is 31.9 Å². The summed E-state index contributed by atoms with van der Waals surface area (Å²) in [6.07, 6.45) is -2.81. The summed E-state index contributed by atoms with van der Waals surface area (Å²) >= 11 is 0. The number of carbonyl (C=O) groups excluding carboxylic acids is 1. The number of piperidine rings is 1. The number of hydrogen-bond acceptors (Lipinski definition) is 5. The average molecular weight is 473 g/mol. The predicted molar refractivity (Wildman–Crippen MR) is 108 cm³/mol. The number of aliphatic hydroxyl groups is 1. The Morgan fingerprint density at radius 1 is 1.21 bits per heavy atom. The fourth-order valence-corrected chi connectivity index (χ4v) is 4.28. The van der Waals surface area contributed by atoms with Crippen LogP contribution in [0.5, 0.6) is 0 Å². The number of aromatic nitrogens is 3. The molecule has 0 bridgehead atoms. The number of alkyl halides is 5. The van der Waals surface area contributed by atoms with E-state index < -0.39 is 29.6 Å².